The zero-order valence-electron chi connectivity index (χ0n) is 11.1. The Morgan fingerprint density at radius 2 is 2.05 bits per heavy atom. The molecule has 1 aromatic carbocycles. The van der Waals surface area contributed by atoms with Crippen molar-refractivity contribution in [3.8, 4) is 5.75 Å². The smallest absolute Gasteiger partial charge is 0.191 e. The lowest BCUT2D eigenvalue weighted by Gasteiger charge is -2.11. The molecule has 0 amide bonds. The highest BCUT2D eigenvalue weighted by Gasteiger charge is 2.05. The lowest BCUT2D eigenvalue weighted by molar-refractivity contribution is 0.414. The van der Waals surface area contributed by atoms with Crippen molar-refractivity contribution in [2.45, 2.75) is 12.1 Å². The van der Waals surface area contributed by atoms with Crippen molar-refractivity contribution in [1.82, 2.24) is 9.97 Å². The van der Waals surface area contributed by atoms with Gasteiger partial charge in [-0.1, -0.05) is 11.8 Å². The van der Waals surface area contributed by atoms with Crippen molar-refractivity contribution < 1.29 is 4.74 Å². The number of thioether (sulfide) groups is 1. The molecule has 0 aliphatic heterocycles. The maximum Gasteiger partial charge on any atom is 0.191 e. The summed E-state index contributed by atoms with van der Waals surface area (Å²) in [6.45, 7) is 2.00. The maximum atomic E-state index is 5.75. The Labute approximate surface area is 116 Å². The molecule has 1 heterocycles. The summed E-state index contributed by atoms with van der Waals surface area (Å²) in [6.07, 6.45) is 1.91. The van der Waals surface area contributed by atoms with E-state index in [1.54, 1.807) is 13.2 Å². The minimum Gasteiger partial charge on any atom is -0.497 e. The molecule has 2 aromatic rings. The number of hydrogen-bond donors (Lipinski definition) is 2. The highest BCUT2D eigenvalue weighted by Crippen LogP contribution is 2.25. The molecule has 0 radical (unpaired) electrons. The van der Waals surface area contributed by atoms with Gasteiger partial charge in [-0.15, -0.1) is 0 Å². The number of nitrogens with one attached hydrogen (secondary N) is 1. The molecule has 2 rings (SSSR count). The van der Waals surface area contributed by atoms with E-state index in [4.69, 9.17) is 10.5 Å². The van der Waals surface area contributed by atoms with Gasteiger partial charge in [-0.25, -0.2) is 9.97 Å². The van der Waals surface area contributed by atoms with E-state index in [0.717, 1.165) is 17.0 Å². The summed E-state index contributed by atoms with van der Waals surface area (Å²) >= 11 is 1.46. The second-order valence-corrected chi connectivity index (χ2v) is 4.74. The number of aryl methyl sites for hydroxylation is 1. The fraction of sp³-hybridized carbons (Fsp3) is 0.231. The average Bonchev–Trinajstić information content (AvgIpc) is 2.40. The van der Waals surface area contributed by atoms with Crippen LogP contribution in [0.5, 0.6) is 5.75 Å². The molecule has 5 nitrogen and oxygen atoms in total. The first-order valence-electron chi connectivity index (χ1n) is 5.72. The Bertz CT molecular complexity index is 589. The van der Waals surface area contributed by atoms with Gasteiger partial charge in [0.05, 0.1) is 7.11 Å². The summed E-state index contributed by atoms with van der Waals surface area (Å²) in [6, 6.07) is 7.52. The van der Waals surface area contributed by atoms with Crippen molar-refractivity contribution in [2.24, 2.45) is 0 Å². The molecule has 0 saturated carbocycles. The van der Waals surface area contributed by atoms with Gasteiger partial charge in [-0.3, -0.25) is 0 Å². The fourth-order valence-corrected chi connectivity index (χ4v) is 2.03. The Kier molecular flexibility index (Phi) is 4.11. The van der Waals surface area contributed by atoms with Crippen LogP contribution in [0.2, 0.25) is 0 Å². The predicted molar refractivity (Wildman–Crippen MR) is 79.2 cm³/mol. The van der Waals surface area contributed by atoms with Crippen LogP contribution in [0.1, 0.15) is 5.56 Å². The van der Waals surface area contributed by atoms with Crippen LogP contribution in [0, 0.1) is 6.92 Å². The number of nitrogen functional groups attached to an aromatic ring is 1. The van der Waals surface area contributed by atoms with E-state index in [0.29, 0.717) is 16.8 Å². The topological polar surface area (TPSA) is 73.1 Å². The van der Waals surface area contributed by atoms with E-state index in [-0.39, 0.29) is 0 Å². The first-order valence-corrected chi connectivity index (χ1v) is 6.95. The first kappa shape index (κ1) is 13.5. The van der Waals surface area contributed by atoms with E-state index in [1.807, 2.05) is 31.4 Å². The van der Waals surface area contributed by atoms with E-state index in [9.17, 15) is 0 Å². The number of hydrogen-bond acceptors (Lipinski definition) is 6. The van der Waals surface area contributed by atoms with Crippen LogP contribution in [0.15, 0.2) is 29.4 Å². The summed E-state index contributed by atoms with van der Waals surface area (Å²) < 4.78 is 5.18. The summed E-state index contributed by atoms with van der Waals surface area (Å²) in [4.78, 5) is 8.47. The van der Waals surface area contributed by atoms with Gasteiger partial charge >= 0.3 is 0 Å². The third kappa shape index (κ3) is 3.29. The Balaban J connectivity index is 2.28. The van der Waals surface area contributed by atoms with Crippen LogP contribution in [-0.4, -0.2) is 23.3 Å². The third-order valence-electron chi connectivity index (χ3n) is 2.60. The highest BCUT2D eigenvalue weighted by molar-refractivity contribution is 7.98. The number of nitrogens with zero attached hydrogens (tertiary/aromatic N) is 2. The first-order chi connectivity index (χ1) is 9.12. The van der Waals surface area contributed by atoms with Crippen molar-refractivity contribution in [2.75, 3.05) is 24.4 Å². The molecule has 6 heteroatoms. The predicted octanol–water partition coefficient (Wildman–Crippen LogP) is 2.84. The van der Waals surface area contributed by atoms with E-state index in [2.05, 4.69) is 15.3 Å². The molecule has 0 spiro atoms. The zero-order chi connectivity index (χ0) is 13.8. The van der Waals surface area contributed by atoms with Gasteiger partial charge in [0.1, 0.15) is 17.4 Å². The van der Waals surface area contributed by atoms with Crippen LogP contribution >= 0.6 is 11.8 Å². The number of anilines is 3. The number of aromatic nitrogens is 2. The quantitative estimate of drug-likeness (QED) is 0.661. The number of ether oxygens (including phenoxy) is 1. The van der Waals surface area contributed by atoms with Crippen LogP contribution in [0.4, 0.5) is 17.3 Å². The molecule has 0 saturated heterocycles. The highest BCUT2D eigenvalue weighted by atomic mass is 32.2. The lowest BCUT2D eigenvalue weighted by Crippen LogP contribution is -2.01. The molecule has 0 bridgehead atoms. The molecule has 1 aromatic heterocycles. The number of benzene rings is 1. The van der Waals surface area contributed by atoms with Gasteiger partial charge < -0.3 is 15.8 Å². The zero-order valence-corrected chi connectivity index (χ0v) is 11.9. The van der Waals surface area contributed by atoms with Crippen molar-refractivity contribution in [1.29, 1.82) is 0 Å². The average molecular weight is 276 g/mol. The summed E-state index contributed by atoms with van der Waals surface area (Å²) in [5, 5.41) is 3.89. The molecule has 19 heavy (non-hydrogen) atoms. The Morgan fingerprint density at radius 1 is 1.26 bits per heavy atom. The molecular weight excluding hydrogens is 260 g/mol. The molecule has 0 aliphatic carbocycles. The Hall–Kier alpha value is -1.95. The van der Waals surface area contributed by atoms with Crippen LogP contribution < -0.4 is 15.8 Å². The molecular formula is C13H16N4OS. The van der Waals surface area contributed by atoms with Gasteiger partial charge in [0.25, 0.3) is 0 Å². The van der Waals surface area contributed by atoms with Gasteiger partial charge in [-0.05, 0) is 36.9 Å². The standard InChI is InChI=1S/C13H16N4OS/c1-8-6-9(18-2)4-5-10(8)15-12-7-11(14)16-13(17-12)19-3/h4-7H,1-3H3,(H3,14,15,16,17). The van der Waals surface area contributed by atoms with Gasteiger partial charge in [0, 0.05) is 11.8 Å². The molecule has 0 unspecified atom stereocenters. The molecule has 0 atom stereocenters. The lowest BCUT2D eigenvalue weighted by atomic mass is 10.2. The number of nitrogens with two attached hydrogens (primary N) is 1. The molecule has 0 fully saturated rings. The maximum absolute atomic E-state index is 5.75. The minimum absolute atomic E-state index is 0.452. The van der Waals surface area contributed by atoms with Crippen molar-refractivity contribution in [3.63, 3.8) is 0 Å². The van der Waals surface area contributed by atoms with Gasteiger partial charge in [-0.2, -0.15) is 0 Å². The van der Waals surface area contributed by atoms with Gasteiger partial charge in [0.15, 0.2) is 5.16 Å². The normalized spacial score (nSPS) is 10.3. The van der Waals surface area contributed by atoms with E-state index >= 15 is 0 Å². The molecule has 3 N–H and O–H groups in total. The van der Waals surface area contributed by atoms with Crippen LogP contribution in [-0.2, 0) is 0 Å². The largest absolute Gasteiger partial charge is 0.497 e. The van der Waals surface area contributed by atoms with Crippen LogP contribution in [0.25, 0.3) is 0 Å². The SMILES string of the molecule is COc1ccc(Nc2cc(N)nc(SC)n2)c(C)c1. The minimum atomic E-state index is 0.452. The van der Waals surface area contributed by atoms with Crippen LogP contribution in [0.3, 0.4) is 0 Å². The summed E-state index contributed by atoms with van der Waals surface area (Å²) in [5.41, 5.74) is 7.78. The summed E-state index contributed by atoms with van der Waals surface area (Å²) in [7, 11) is 1.65. The molecule has 0 aliphatic rings. The molecule has 100 valence electrons. The third-order valence-corrected chi connectivity index (χ3v) is 3.15. The number of methoxy groups -OCH3 is 1. The summed E-state index contributed by atoms with van der Waals surface area (Å²) in [5.74, 6) is 1.97. The fourth-order valence-electron chi connectivity index (χ4n) is 1.64. The second-order valence-electron chi connectivity index (χ2n) is 3.97. The Morgan fingerprint density at radius 3 is 2.68 bits per heavy atom. The van der Waals surface area contributed by atoms with E-state index in [1.165, 1.54) is 11.8 Å². The number of rotatable bonds is 4. The monoisotopic (exact) mass is 276 g/mol. The van der Waals surface area contributed by atoms with Crippen molar-refractivity contribution >= 4 is 29.1 Å². The van der Waals surface area contributed by atoms with Crippen molar-refractivity contribution in [3.05, 3.63) is 29.8 Å². The van der Waals surface area contributed by atoms with E-state index < -0.39 is 0 Å². The second kappa shape index (κ2) is 5.79. The van der Waals surface area contributed by atoms with Gasteiger partial charge in [0.2, 0.25) is 0 Å².